The fourth-order valence-corrected chi connectivity index (χ4v) is 2.34. The van der Waals surface area contributed by atoms with Gasteiger partial charge in [-0.1, -0.05) is 13.0 Å². The van der Waals surface area contributed by atoms with Gasteiger partial charge in [-0.2, -0.15) is 0 Å². The Bertz CT molecular complexity index is 424. The molecule has 0 saturated carbocycles. The number of nitrogens with two attached hydrogens (primary N) is 1. The molecule has 1 amide bonds. The maximum atomic E-state index is 11.7. The summed E-state index contributed by atoms with van der Waals surface area (Å²) in [6.07, 6.45) is 1.52. The average molecular weight is 329 g/mol. The van der Waals surface area contributed by atoms with Gasteiger partial charge in [-0.25, -0.2) is 0 Å². The predicted molar refractivity (Wildman–Crippen MR) is 80.2 cm³/mol. The maximum absolute atomic E-state index is 11.7. The van der Waals surface area contributed by atoms with Crippen molar-refractivity contribution >= 4 is 21.8 Å². The van der Waals surface area contributed by atoms with Crippen LogP contribution in [0, 0.1) is 5.92 Å². The highest BCUT2D eigenvalue weighted by Gasteiger charge is 2.10. The third-order valence-corrected chi connectivity index (χ3v) is 3.60. The Morgan fingerprint density at radius 3 is 2.84 bits per heavy atom. The summed E-state index contributed by atoms with van der Waals surface area (Å²) in [7, 11) is 1.64. The molecular weight excluding hydrogens is 308 g/mol. The monoisotopic (exact) mass is 328 g/mol. The van der Waals surface area contributed by atoms with E-state index in [0.29, 0.717) is 13.1 Å². The van der Waals surface area contributed by atoms with Gasteiger partial charge in [0.1, 0.15) is 5.75 Å². The summed E-state index contributed by atoms with van der Waals surface area (Å²) < 4.78 is 6.10. The maximum Gasteiger partial charge on any atom is 0.222 e. The van der Waals surface area contributed by atoms with Gasteiger partial charge in [0.25, 0.3) is 0 Å². The number of nitrogens with one attached hydrogen (secondary N) is 1. The molecular formula is C14H21BrN2O2. The van der Waals surface area contributed by atoms with E-state index < -0.39 is 0 Å². The first-order valence-corrected chi connectivity index (χ1v) is 7.18. The Morgan fingerprint density at radius 2 is 2.26 bits per heavy atom. The smallest absolute Gasteiger partial charge is 0.222 e. The van der Waals surface area contributed by atoms with Crippen LogP contribution in [-0.4, -0.2) is 26.1 Å². The van der Waals surface area contributed by atoms with Gasteiger partial charge in [0.2, 0.25) is 5.91 Å². The third-order valence-electron chi connectivity index (χ3n) is 2.98. The van der Waals surface area contributed by atoms with Gasteiger partial charge in [0.15, 0.2) is 0 Å². The fraction of sp³-hybridized carbons (Fsp3) is 0.500. The van der Waals surface area contributed by atoms with Crippen molar-refractivity contribution in [2.75, 3.05) is 20.2 Å². The lowest BCUT2D eigenvalue weighted by Gasteiger charge is -2.11. The average Bonchev–Trinajstić information content (AvgIpc) is 2.39. The van der Waals surface area contributed by atoms with E-state index in [2.05, 4.69) is 21.2 Å². The highest BCUT2D eigenvalue weighted by molar-refractivity contribution is 9.10. The standard InChI is InChI=1S/C14H21BrN2O2/c1-10(5-7-16)14(18)17-8-6-11-3-4-13(19-2)12(15)9-11/h3-4,9-10H,5-8,16H2,1-2H3,(H,17,18). The van der Waals surface area contributed by atoms with Crippen molar-refractivity contribution in [3.05, 3.63) is 28.2 Å². The Balaban J connectivity index is 2.41. The van der Waals surface area contributed by atoms with Crippen LogP contribution >= 0.6 is 15.9 Å². The number of amides is 1. The fourth-order valence-electron chi connectivity index (χ4n) is 1.75. The molecule has 0 heterocycles. The summed E-state index contributed by atoms with van der Waals surface area (Å²) >= 11 is 3.45. The summed E-state index contributed by atoms with van der Waals surface area (Å²) in [5.74, 6) is 0.856. The van der Waals surface area contributed by atoms with E-state index in [1.807, 2.05) is 25.1 Å². The van der Waals surface area contributed by atoms with Crippen LogP contribution in [-0.2, 0) is 11.2 Å². The summed E-state index contributed by atoms with van der Waals surface area (Å²) in [5.41, 5.74) is 6.59. The first-order chi connectivity index (χ1) is 9.08. The number of methoxy groups -OCH3 is 1. The summed E-state index contributed by atoms with van der Waals surface area (Å²) in [6, 6.07) is 5.92. The zero-order chi connectivity index (χ0) is 14.3. The van der Waals surface area contributed by atoms with Crippen molar-refractivity contribution in [3.63, 3.8) is 0 Å². The van der Waals surface area contributed by atoms with E-state index >= 15 is 0 Å². The van der Waals surface area contributed by atoms with Gasteiger partial charge >= 0.3 is 0 Å². The molecule has 5 heteroatoms. The van der Waals surface area contributed by atoms with Crippen molar-refractivity contribution in [2.24, 2.45) is 11.7 Å². The van der Waals surface area contributed by atoms with Gasteiger partial charge < -0.3 is 15.8 Å². The van der Waals surface area contributed by atoms with E-state index in [9.17, 15) is 4.79 Å². The molecule has 0 radical (unpaired) electrons. The largest absolute Gasteiger partial charge is 0.496 e. The number of hydrogen-bond acceptors (Lipinski definition) is 3. The molecule has 0 bridgehead atoms. The van der Waals surface area contributed by atoms with Crippen molar-refractivity contribution in [1.82, 2.24) is 5.32 Å². The number of benzene rings is 1. The number of carbonyl (C=O) groups excluding carboxylic acids is 1. The zero-order valence-electron chi connectivity index (χ0n) is 11.4. The Kier molecular flexibility index (Phi) is 6.87. The van der Waals surface area contributed by atoms with Crippen LogP contribution < -0.4 is 15.8 Å². The third kappa shape index (κ3) is 5.20. The van der Waals surface area contributed by atoms with Gasteiger partial charge in [0, 0.05) is 12.5 Å². The molecule has 0 spiro atoms. The number of carbonyl (C=O) groups is 1. The first-order valence-electron chi connectivity index (χ1n) is 6.38. The Morgan fingerprint density at radius 1 is 1.53 bits per heavy atom. The Labute approximate surface area is 122 Å². The quantitative estimate of drug-likeness (QED) is 0.805. The second kappa shape index (κ2) is 8.17. The lowest BCUT2D eigenvalue weighted by atomic mass is 10.1. The molecule has 0 aliphatic carbocycles. The van der Waals surface area contributed by atoms with Crippen LogP contribution in [0.2, 0.25) is 0 Å². The molecule has 0 aliphatic heterocycles. The molecule has 0 fully saturated rings. The van der Waals surface area contributed by atoms with Crippen LogP contribution in [0.5, 0.6) is 5.75 Å². The van der Waals surface area contributed by atoms with Crippen LogP contribution in [0.3, 0.4) is 0 Å². The zero-order valence-corrected chi connectivity index (χ0v) is 13.0. The number of hydrogen-bond donors (Lipinski definition) is 2. The van der Waals surface area contributed by atoms with Crippen LogP contribution in [0.4, 0.5) is 0 Å². The minimum Gasteiger partial charge on any atom is -0.496 e. The minimum absolute atomic E-state index is 0.0207. The molecule has 3 N–H and O–H groups in total. The van der Waals surface area contributed by atoms with Gasteiger partial charge in [-0.15, -0.1) is 0 Å². The second-order valence-electron chi connectivity index (χ2n) is 4.49. The Hall–Kier alpha value is -1.07. The topological polar surface area (TPSA) is 64.3 Å². The predicted octanol–water partition coefficient (Wildman–Crippen LogP) is 2.10. The van der Waals surface area contributed by atoms with Crippen molar-refractivity contribution < 1.29 is 9.53 Å². The normalized spacial score (nSPS) is 12.0. The van der Waals surface area contributed by atoms with Crippen molar-refractivity contribution in [1.29, 1.82) is 0 Å². The molecule has 1 rings (SSSR count). The van der Waals surface area contributed by atoms with Crippen LogP contribution in [0.15, 0.2) is 22.7 Å². The van der Waals surface area contributed by atoms with Gasteiger partial charge in [-0.05, 0) is 53.0 Å². The molecule has 0 aliphatic rings. The number of ether oxygens (including phenoxy) is 1. The molecule has 4 nitrogen and oxygen atoms in total. The molecule has 0 saturated heterocycles. The van der Waals surface area contributed by atoms with E-state index in [1.165, 1.54) is 0 Å². The molecule has 19 heavy (non-hydrogen) atoms. The van der Waals surface area contributed by atoms with E-state index in [0.717, 1.165) is 28.6 Å². The van der Waals surface area contributed by atoms with Crippen molar-refractivity contribution in [3.8, 4) is 5.75 Å². The van der Waals surface area contributed by atoms with E-state index in [-0.39, 0.29) is 11.8 Å². The van der Waals surface area contributed by atoms with Crippen LogP contribution in [0.25, 0.3) is 0 Å². The summed E-state index contributed by atoms with van der Waals surface area (Å²) in [6.45, 7) is 3.07. The lowest BCUT2D eigenvalue weighted by molar-refractivity contribution is -0.124. The summed E-state index contributed by atoms with van der Waals surface area (Å²) in [5, 5.41) is 2.92. The van der Waals surface area contributed by atoms with Gasteiger partial charge in [-0.3, -0.25) is 4.79 Å². The van der Waals surface area contributed by atoms with Crippen molar-refractivity contribution in [2.45, 2.75) is 19.8 Å². The summed E-state index contributed by atoms with van der Waals surface area (Å²) in [4.78, 5) is 11.7. The molecule has 1 unspecified atom stereocenters. The highest BCUT2D eigenvalue weighted by Crippen LogP contribution is 2.25. The molecule has 1 atom stereocenters. The number of halogens is 1. The minimum atomic E-state index is -0.0207. The van der Waals surface area contributed by atoms with Gasteiger partial charge in [0.05, 0.1) is 11.6 Å². The second-order valence-corrected chi connectivity index (χ2v) is 5.34. The molecule has 1 aromatic rings. The molecule has 106 valence electrons. The SMILES string of the molecule is COc1ccc(CCNC(=O)C(C)CCN)cc1Br. The number of rotatable bonds is 7. The molecule has 1 aromatic carbocycles. The van der Waals surface area contributed by atoms with E-state index in [1.54, 1.807) is 7.11 Å². The molecule has 0 aromatic heterocycles. The van der Waals surface area contributed by atoms with Crippen LogP contribution in [0.1, 0.15) is 18.9 Å². The highest BCUT2D eigenvalue weighted by atomic mass is 79.9. The lowest BCUT2D eigenvalue weighted by Crippen LogP contribution is -2.31. The first kappa shape index (κ1) is 16.0. The van der Waals surface area contributed by atoms with E-state index in [4.69, 9.17) is 10.5 Å².